The molecule has 0 saturated heterocycles. The van der Waals surface area contributed by atoms with Gasteiger partial charge >= 0.3 is 0 Å². The molecule has 0 atom stereocenters. The monoisotopic (exact) mass is 225 g/mol. The lowest BCUT2D eigenvalue weighted by Crippen LogP contribution is -2.06. The van der Waals surface area contributed by atoms with Crippen molar-refractivity contribution in [2.75, 3.05) is 0 Å². The van der Waals surface area contributed by atoms with Crippen molar-refractivity contribution in [3.05, 3.63) is 40.2 Å². The Hall–Kier alpha value is -1.35. The van der Waals surface area contributed by atoms with Crippen LogP contribution in [0.5, 0.6) is 0 Å². The highest BCUT2D eigenvalue weighted by molar-refractivity contribution is 6.30. The lowest BCUT2D eigenvalue weighted by atomic mass is 10.1. The Labute approximate surface area is 91.5 Å². The molecule has 1 aromatic carbocycles. The summed E-state index contributed by atoms with van der Waals surface area (Å²) in [6.45, 7) is 0. The van der Waals surface area contributed by atoms with Gasteiger partial charge in [-0.15, -0.1) is 0 Å². The number of halogens is 2. The second kappa shape index (κ2) is 3.66. The summed E-state index contributed by atoms with van der Waals surface area (Å²) in [7, 11) is 0. The van der Waals surface area contributed by atoms with Crippen molar-refractivity contribution in [1.82, 2.24) is 0 Å². The molecule has 1 aliphatic carbocycles. The number of primary amides is 1. The van der Waals surface area contributed by atoms with E-state index in [1.807, 2.05) is 0 Å². The molecular weight excluding hydrogens is 217 g/mol. The third-order valence-corrected chi connectivity index (χ3v) is 2.69. The van der Waals surface area contributed by atoms with Gasteiger partial charge in [0.05, 0.1) is 0 Å². The van der Waals surface area contributed by atoms with Gasteiger partial charge in [0.1, 0.15) is 5.82 Å². The number of carbonyl (C=O) groups is 1. The van der Waals surface area contributed by atoms with Gasteiger partial charge in [-0.25, -0.2) is 4.39 Å². The fraction of sp³-hybridized carbons (Fsp3) is 0.182. The summed E-state index contributed by atoms with van der Waals surface area (Å²) in [6, 6.07) is 2.95. The van der Waals surface area contributed by atoms with Crippen LogP contribution in [-0.2, 0) is 11.2 Å². The van der Waals surface area contributed by atoms with Crippen LogP contribution in [0.1, 0.15) is 17.5 Å². The maximum absolute atomic E-state index is 13.4. The highest BCUT2D eigenvalue weighted by Gasteiger charge is 2.20. The highest BCUT2D eigenvalue weighted by atomic mass is 35.5. The smallest absolute Gasteiger partial charge is 0.241 e. The summed E-state index contributed by atoms with van der Waals surface area (Å²) >= 11 is 5.75. The maximum atomic E-state index is 13.4. The molecule has 78 valence electrons. The van der Waals surface area contributed by atoms with Gasteiger partial charge in [-0.2, -0.15) is 0 Å². The van der Waals surface area contributed by atoms with Crippen molar-refractivity contribution >= 4 is 23.1 Å². The highest BCUT2D eigenvalue weighted by Crippen LogP contribution is 2.35. The Morgan fingerprint density at radius 2 is 2.20 bits per heavy atom. The quantitative estimate of drug-likeness (QED) is 0.733. The summed E-state index contributed by atoms with van der Waals surface area (Å²) in [4.78, 5) is 10.8. The average Bonchev–Trinajstić information content (AvgIpc) is 2.48. The Balaban J connectivity index is 2.55. The van der Waals surface area contributed by atoms with Gasteiger partial charge in [0.25, 0.3) is 0 Å². The first-order chi connectivity index (χ1) is 7.08. The topological polar surface area (TPSA) is 43.1 Å². The number of amides is 1. The summed E-state index contributed by atoms with van der Waals surface area (Å²) in [5, 5.41) is 0.337. The van der Waals surface area contributed by atoms with Crippen LogP contribution in [0.4, 0.5) is 4.39 Å². The third-order valence-electron chi connectivity index (χ3n) is 2.47. The molecule has 0 saturated carbocycles. The van der Waals surface area contributed by atoms with Crippen molar-refractivity contribution < 1.29 is 9.18 Å². The molecule has 0 radical (unpaired) electrons. The molecule has 1 amide bonds. The number of allylic oxidation sites excluding steroid dienone is 1. The number of benzene rings is 1. The Kier molecular flexibility index (Phi) is 2.49. The molecule has 1 aliphatic rings. The van der Waals surface area contributed by atoms with E-state index in [2.05, 4.69) is 0 Å². The molecule has 2 rings (SSSR count). The largest absolute Gasteiger partial charge is 0.366 e. The molecule has 15 heavy (non-hydrogen) atoms. The lowest BCUT2D eigenvalue weighted by molar-refractivity contribution is -0.113. The summed E-state index contributed by atoms with van der Waals surface area (Å²) in [6.07, 6.45) is 2.56. The molecular formula is C11H9ClFNO. The summed E-state index contributed by atoms with van der Waals surface area (Å²) in [5.74, 6) is -0.830. The zero-order valence-electron chi connectivity index (χ0n) is 7.89. The van der Waals surface area contributed by atoms with Crippen LogP contribution in [0.25, 0.3) is 5.57 Å². The van der Waals surface area contributed by atoms with E-state index in [-0.39, 0.29) is 5.82 Å². The van der Waals surface area contributed by atoms with Gasteiger partial charge in [-0.3, -0.25) is 4.79 Å². The Bertz CT molecular complexity index is 468. The molecule has 0 aromatic heterocycles. The van der Waals surface area contributed by atoms with Gasteiger partial charge < -0.3 is 5.73 Å². The van der Waals surface area contributed by atoms with Crippen LogP contribution in [0.3, 0.4) is 0 Å². The number of hydrogen-bond donors (Lipinski definition) is 1. The number of hydrogen-bond acceptors (Lipinski definition) is 1. The normalized spacial score (nSPS) is 16.8. The van der Waals surface area contributed by atoms with Gasteiger partial charge in [0.2, 0.25) is 5.91 Å². The average molecular weight is 226 g/mol. The minimum Gasteiger partial charge on any atom is -0.366 e. The van der Waals surface area contributed by atoms with Gasteiger partial charge in [-0.1, -0.05) is 11.6 Å². The van der Waals surface area contributed by atoms with E-state index in [1.165, 1.54) is 12.1 Å². The minimum absolute atomic E-state index is 0.314. The Morgan fingerprint density at radius 3 is 2.87 bits per heavy atom. The van der Waals surface area contributed by atoms with Crippen LogP contribution in [0, 0.1) is 5.82 Å². The molecule has 0 spiro atoms. The first-order valence-corrected chi connectivity index (χ1v) is 4.94. The number of nitrogens with two attached hydrogens (primary N) is 1. The number of fused-ring (bicyclic) bond motifs is 1. The van der Waals surface area contributed by atoms with E-state index in [1.54, 1.807) is 6.07 Å². The predicted octanol–water partition coefficient (Wildman–Crippen LogP) is 2.29. The predicted molar refractivity (Wildman–Crippen MR) is 56.9 cm³/mol. The first kappa shape index (κ1) is 10.2. The zero-order valence-corrected chi connectivity index (χ0v) is 8.64. The van der Waals surface area contributed by atoms with Gasteiger partial charge in [0, 0.05) is 11.1 Å². The van der Waals surface area contributed by atoms with Crippen LogP contribution in [-0.4, -0.2) is 5.91 Å². The van der Waals surface area contributed by atoms with E-state index in [9.17, 15) is 9.18 Å². The van der Waals surface area contributed by atoms with Crippen molar-refractivity contribution in [2.24, 2.45) is 5.73 Å². The van der Waals surface area contributed by atoms with Crippen LogP contribution in [0.15, 0.2) is 18.2 Å². The Morgan fingerprint density at radius 1 is 1.47 bits per heavy atom. The first-order valence-electron chi connectivity index (χ1n) is 4.56. The molecule has 1 aromatic rings. The lowest BCUT2D eigenvalue weighted by Gasteiger charge is -2.02. The van der Waals surface area contributed by atoms with Crippen LogP contribution < -0.4 is 5.73 Å². The van der Waals surface area contributed by atoms with Crippen molar-refractivity contribution in [1.29, 1.82) is 0 Å². The number of rotatable bonds is 1. The molecule has 0 bridgehead atoms. The van der Waals surface area contributed by atoms with Crippen LogP contribution >= 0.6 is 11.6 Å². The fourth-order valence-corrected chi connectivity index (χ4v) is 2.06. The van der Waals surface area contributed by atoms with E-state index in [4.69, 9.17) is 17.3 Å². The molecule has 0 fully saturated rings. The molecule has 2 nitrogen and oxygen atoms in total. The van der Waals surface area contributed by atoms with Crippen LogP contribution in [0.2, 0.25) is 5.02 Å². The fourth-order valence-electron chi connectivity index (χ4n) is 1.86. The zero-order chi connectivity index (χ0) is 11.0. The minimum atomic E-state index is -0.516. The SMILES string of the molecule is NC(=O)/C=C1\CCc2c(F)cc(Cl)cc21. The molecule has 0 unspecified atom stereocenters. The number of carbonyl (C=O) groups excluding carboxylic acids is 1. The van der Waals surface area contributed by atoms with E-state index >= 15 is 0 Å². The van der Waals surface area contributed by atoms with Gasteiger partial charge in [0.15, 0.2) is 0 Å². The standard InChI is InChI=1S/C11H9ClFNO/c12-7-4-9-6(3-11(14)15)1-2-8(9)10(13)5-7/h3-5H,1-2H2,(H2,14,15)/b6-3+. The third kappa shape index (κ3) is 1.88. The van der Waals surface area contributed by atoms with E-state index in [0.29, 0.717) is 29.0 Å². The van der Waals surface area contributed by atoms with Crippen molar-refractivity contribution in [3.63, 3.8) is 0 Å². The summed E-state index contributed by atoms with van der Waals surface area (Å²) in [5.41, 5.74) is 7.15. The van der Waals surface area contributed by atoms with Gasteiger partial charge in [-0.05, 0) is 41.7 Å². The maximum Gasteiger partial charge on any atom is 0.241 e. The van der Waals surface area contributed by atoms with E-state index in [0.717, 1.165) is 5.57 Å². The second-order valence-corrected chi connectivity index (χ2v) is 3.92. The van der Waals surface area contributed by atoms with Crippen molar-refractivity contribution in [2.45, 2.75) is 12.8 Å². The molecule has 2 N–H and O–H groups in total. The second-order valence-electron chi connectivity index (χ2n) is 3.49. The van der Waals surface area contributed by atoms with E-state index < -0.39 is 5.91 Å². The molecule has 4 heteroatoms. The molecule has 0 heterocycles. The molecule has 0 aliphatic heterocycles. The summed E-state index contributed by atoms with van der Waals surface area (Å²) < 4.78 is 13.4. The van der Waals surface area contributed by atoms with Crippen molar-refractivity contribution in [3.8, 4) is 0 Å².